The standard InChI is InChI=1S/C25H40O4/c1-4-5-23(27)29-15-22(26)21-9-8-20-19-7-6-16-14-24(2,28)12-10-17(16)18(19)11-13-25(20,21)3/h16-21,28H,4-15H2,1-3H3/t16-,17+,18-,19-,20+,21-,24-,25+/m1/s1. The summed E-state index contributed by atoms with van der Waals surface area (Å²) in [5, 5.41) is 10.5. The number of esters is 1. The lowest BCUT2D eigenvalue weighted by atomic mass is 9.49. The highest BCUT2D eigenvalue weighted by Gasteiger charge is 2.58. The molecule has 4 nitrogen and oxygen atoms in total. The lowest BCUT2D eigenvalue weighted by Gasteiger charge is -2.56. The minimum absolute atomic E-state index is 0.0281. The molecule has 4 heteroatoms. The highest BCUT2D eigenvalue weighted by molar-refractivity contribution is 5.85. The highest BCUT2D eigenvalue weighted by Crippen LogP contribution is 2.64. The third-order valence-electron chi connectivity index (χ3n) is 9.46. The van der Waals surface area contributed by atoms with Gasteiger partial charge in [0.2, 0.25) is 0 Å². The Balaban J connectivity index is 1.42. The van der Waals surface area contributed by atoms with Crippen molar-refractivity contribution in [1.29, 1.82) is 0 Å². The fourth-order valence-corrected chi connectivity index (χ4v) is 8.14. The first-order chi connectivity index (χ1) is 13.7. The molecule has 4 fully saturated rings. The van der Waals surface area contributed by atoms with Crippen LogP contribution in [0.5, 0.6) is 0 Å². The number of carbonyl (C=O) groups is 2. The quantitative estimate of drug-likeness (QED) is 0.661. The number of Topliss-reactive ketones (excluding diaryl/α,β-unsaturated/α-hetero) is 1. The zero-order valence-corrected chi connectivity index (χ0v) is 18.6. The van der Waals surface area contributed by atoms with Crippen LogP contribution in [-0.4, -0.2) is 29.1 Å². The minimum atomic E-state index is -0.461. The monoisotopic (exact) mass is 404 g/mol. The van der Waals surface area contributed by atoms with E-state index in [1.165, 1.54) is 25.7 Å². The van der Waals surface area contributed by atoms with Crippen LogP contribution in [0.3, 0.4) is 0 Å². The van der Waals surface area contributed by atoms with E-state index in [2.05, 4.69) is 6.92 Å². The first-order valence-electron chi connectivity index (χ1n) is 12.2. The average Bonchev–Trinajstić information content (AvgIpc) is 3.02. The second-order valence-electron chi connectivity index (χ2n) is 11.2. The van der Waals surface area contributed by atoms with E-state index in [4.69, 9.17) is 4.74 Å². The van der Waals surface area contributed by atoms with Crippen LogP contribution in [0.25, 0.3) is 0 Å². The third kappa shape index (κ3) is 3.91. The summed E-state index contributed by atoms with van der Waals surface area (Å²) in [6.45, 7) is 6.30. The summed E-state index contributed by atoms with van der Waals surface area (Å²) in [4.78, 5) is 24.7. The van der Waals surface area contributed by atoms with Crippen LogP contribution in [-0.2, 0) is 14.3 Å². The summed E-state index contributed by atoms with van der Waals surface area (Å²) >= 11 is 0. The molecule has 0 spiro atoms. The van der Waals surface area contributed by atoms with Gasteiger partial charge in [-0.15, -0.1) is 0 Å². The Kier molecular flexibility index (Phi) is 5.87. The molecular formula is C25H40O4. The van der Waals surface area contributed by atoms with Gasteiger partial charge in [0.25, 0.3) is 0 Å². The summed E-state index contributed by atoms with van der Waals surface area (Å²) in [6, 6.07) is 0. The topological polar surface area (TPSA) is 63.6 Å². The normalized spacial score (nSPS) is 46.3. The Morgan fingerprint density at radius 2 is 1.72 bits per heavy atom. The molecule has 0 saturated heterocycles. The SMILES string of the molecule is CCCC(=O)OCC(=O)[C@H]1CC[C@H]2[C@@H]3CC[C@@H]4C[C@](C)(O)CC[C@@H]4[C@H]3CC[C@]12C. The number of hydrogen-bond donors (Lipinski definition) is 1. The van der Waals surface area contributed by atoms with E-state index in [1.54, 1.807) is 0 Å². The molecular weight excluding hydrogens is 364 g/mol. The first-order valence-corrected chi connectivity index (χ1v) is 12.2. The van der Waals surface area contributed by atoms with Crippen molar-refractivity contribution in [2.24, 2.45) is 40.9 Å². The van der Waals surface area contributed by atoms with Crippen LogP contribution in [0, 0.1) is 40.9 Å². The lowest BCUT2D eigenvalue weighted by Crippen LogP contribution is -2.51. The number of hydrogen-bond acceptors (Lipinski definition) is 4. The predicted molar refractivity (Wildman–Crippen MR) is 112 cm³/mol. The van der Waals surface area contributed by atoms with Crippen LogP contribution in [0.4, 0.5) is 0 Å². The van der Waals surface area contributed by atoms with Crippen molar-refractivity contribution in [3.05, 3.63) is 0 Å². The second kappa shape index (κ2) is 7.98. The molecule has 0 bridgehead atoms. The van der Waals surface area contributed by atoms with Gasteiger partial charge in [0.05, 0.1) is 5.60 Å². The van der Waals surface area contributed by atoms with Crippen molar-refractivity contribution in [2.45, 2.75) is 97.0 Å². The summed E-state index contributed by atoms with van der Waals surface area (Å²) < 4.78 is 5.27. The molecule has 0 radical (unpaired) electrons. The maximum Gasteiger partial charge on any atom is 0.306 e. The fraction of sp³-hybridized carbons (Fsp3) is 0.920. The van der Waals surface area contributed by atoms with Crippen molar-refractivity contribution in [2.75, 3.05) is 6.61 Å². The van der Waals surface area contributed by atoms with Gasteiger partial charge in [0.15, 0.2) is 5.78 Å². The summed E-state index contributed by atoms with van der Waals surface area (Å²) in [5.41, 5.74) is -0.375. The van der Waals surface area contributed by atoms with E-state index in [1.807, 2.05) is 13.8 Å². The summed E-state index contributed by atoms with van der Waals surface area (Å²) in [7, 11) is 0. The maximum absolute atomic E-state index is 13.0. The van der Waals surface area contributed by atoms with Crippen molar-refractivity contribution < 1.29 is 19.4 Å². The lowest BCUT2D eigenvalue weighted by molar-refractivity contribution is -0.151. The molecule has 0 aromatic carbocycles. The van der Waals surface area contributed by atoms with E-state index in [0.29, 0.717) is 18.3 Å². The largest absolute Gasteiger partial charge is 0.458 e. The Bertz CT molecular complexity index is 641. The van der Waals surface area contributed by atoms with E-state index in [9.17, 15) is 14.7 Å². The van der Waals surface area contributed by atoms with Gasteiger partial charge in [-0.3, -0.25) is 9.59 Å². The van der Waals surface area contributed by atoms with E-state index >= 15 is 0 Å². The van der Waals surface area contributed by atoms with E-state index in [-0.39, 0.29) is 29.7 Å². The van der Waals surface area contributed by atoms with Crippen LogP contribution < -0.4 is 0 Å². The number of fused-ring (bicyclic) bond motifs is 5. The van der Waals surface area contributed by atoms with Crippen molar-refractivity contribution in [1.82, 2.24) is 0 Å². The Hall–Kier alpha value is -0.900. The number of ether oxygens (including phenoxy) is 1. The smallest absolute Gasteiger partial charge is 0.306 e. The first kappa shape index (κ1) is 21.3. The van der Waals surface area contributed by atoms with Crippen LogP contribution in [0.15, 0.2) is 0 Å². The molecule has 4 aliphatic rings. The van der Waals surface area contributed by atoms with Gasteiger partial charge in [0.1, 0.15) is 6.61 Å². The predicted octanol–water partition coefficient (Wildman–Crippen LogP) is 4.92. The Labute approximate surface area is 176 Å². The average molecular weight is 405 g/mol. The molecule has 0 heterocycles. The van der Waals surface area contributed by atoms with Crippen molar-refractivity contribution >= 4 is 11.8 Å². The van der Waals surface area contributed by atoms with Gasteiger partial charge in [-0.05, 0) is 106 Å². The van der Waals surface area contributed by atoms with Gasteiger partial charge in [0, 0.05) is 12.3 Å². The molecule has 164 valence electrons. The van der Waals surface area contributed by atoms with Gasteiger partial charge >= 0.3 is 5.97 Å². The van der Waals surface area contributed by atoms with E-state index in [0.717, 1.165) is 56.3 Å². The van der Waals surface area contributed by atoms with Gasteiger partial charge in [-0.2, -0.15) is 0 Å². The van der Waals surface area contributed by atoms with Crippen LogP contribution in [0.1, 0.15) is 91.4 Å². The molecule has 0 aromatic heterocycles. The maximum atomic E-state index is 13.0. The van der Waals surface area contributed by atoms with Crippen molar-refractivity contribution in [3.8, 4) is 0 Å². The number of aliphatic hydroxyl groups is 1. The van der Waals surface area contributed by atoms with Crippen LogP contribution in [0.2, 0.25) is 0 Å². The molecule has 0 aliphatic heterocycles. The van der Waals surface area contributed by atoms with E-state index < -0.39 is 5.60 Å². The Morgan fingerprint density at radius 3 is 2.48 bits per heavy atom. The van der Waals surface area contributed by atoms with Gasteiger partial charge in [-0.25, -0.2) is 0 Å². The molecule has 1 N–H and O–H groups in total. The zero-order chi connectivity index (χ0) is 20.8. The number of ketones is 1. The third-order valence-corrected chi connectivity index (χ3v) is 9.46. The highest BCUT2D eigenvalue weighted by atomic mass is 16.5. The molecule has 0 amide bonds. The molecule has 4 saturated carbocycles. The van der Waals surface area contributed by atoms with Gasteiger partial charge in [-0.1, -0.05) is 13.8 Å². The molecule has 29 heavy (non-hydrogen) atoms. The zero-order valence-electron chi connectivity index (χ0n) is 18.6. The summed E-state index contributed by atoms with van der Waals surface area (Å²) in [6.07, 6.45) is 11.3. The molecule has 4 rings (SSSR count). The molecule has 0 unspecified atom stereocenters. The van der Waals surface area contributed by atoms with Gasteiger partial charge < -0.3 is 9.84 Å². The molecule has 4 aliphatic carbocycles. The van der Waals surface area contributed by atoms with Crippen LogP contribution >= 0.6 is 0 Å². The second-order valence-corrected chi connectivity index (χ2v) is 11.2. The minimum Gasteiger partial charge on any atom is -0.458 e. The molecule has 0 aromatic rings. The summed E-state index contributed by atoms with van der Waals surface area (Å²) in [5.74, 6) is 3.63. The number of carbonyl (C=O) groups excluding carboxylic acids is 2. The molecule has 8 atom stereocenters. The number of rotatable bonds is 5. The Morgan fingerprint density at radius 1 is 0.966 bits per heavy atom. The fourth-order valence-electron chi connectivity index (χ4n) is 8.14. The van der Waals surface area contributed by atoms with Crippen molar-refractivity contribution in [3.63, 3.8) is 0 Å².